The third-order valence-electron chi connectivity index (χ3n) is 3.80. The molecule has 0 aliphatic heterocycles. The molecule has 0 saturated heterocycles. The van der Waals surface area contributed by atoms with Crippen molar-refractivity contribution in [3.05, 3.63) is 52.9 Å². The van der Waals surface area contributed by atoms with Crippen LogP contribution in [0.25, 0.3) is 20.7 Å². The highest BCUT2D eigenvalue weighted by Crippen LogP contribution is 2.37. The second-order valence-corrected chi connectivity index (χ2v) is 7.49. The number of thiophene rings is 1. The zero-order valence-electron chi connectivity index (χ0n) is 13.5. The van der Waals surface area contributed by atoms with E-state index in [1.807, 2.05) is 25.4 Å². The standard InChI is InChI=1S/C17H15BrN6S/c1-11-10-20-17(19-5-7-24-8-6-21-23-24)22-15(11)14-9-12-3-2-4-13(18)16(12)25-14/h2-4,6,8-10H,5,7H2,1H3,(H,19,20,22). The van der Waals surface area contributed by atoms with Gasteiger partial charge in [-0.25, -0.2) is 9.97 Å². The van der Waals surface area contributed by atoms with E-state index in [1.54, 1.807) is 22.2 Å². The Morgan fingerprint density at radius 3 is 3.04 bits per heavy atom. The molecule has 3 aromatic heterocycles. The Kier molecular flexibility index (Phi) is 4.46. The molecular formula is C17H15BrN6S. The number of aromatic nitrogens is 5. The maximum absolute atomic E-state index is 4.71. The van der Waals surface area contributed by atoms with Crippen LogP contribution in [0.15, 0.2) is 47.3 Å². The molecule has 0 aliphatic rings. The summed E-state index contributed by atoms with van der Waals surface area (Å²) in [5.41, 5.74) is 2.02. The molecule has 0 radical (unpaired) electrons. The van der Waals surface area contributed by atoms with Crippen molar-refractivity contribution >= 4 is 43.3 Å². The highest BCUT2D eigenvalue weighted by atomic mass is 79.9. The summed E-state index contributed by atoms with van der Waals surface area (Å²) in [5, 5.41) is 12.2. The van der Waals surface area contributed by atoms with Gasteiger partial charge in [-0.05, 0) is 45.9 Å². The number of fused-ring (bicyclic) bond motifs is 1. The third-order valence-corrected chi connectivity index (χ3v) is 5.91. The Morgan fingerprint density at radius 2 is 2.24 bits per heavy atom. The lowest BCUT2D eigenvalue weighted by Crippen LogP contribution is -2.13. The van der Waals surface area contributed by atoms with Gasteiger partial charge in [0.2, 0.25) is 5.95 Å². The molecule has 3 heterocycles. The summed E-state index contributed by atoms with van der Waals surface area (Å²) in [6, 6.07) is 8.41. The van der Waals surface area contributed by atoms with Gasteiger partial charge in [-0.3, -0.25) is 4.68 Å². The topological polar surface area (TPSA) is 68.5 Å². The van der Waals surface area contributed by atoms with Crippen LogP contribution in [0.4, 0.5) is 5.95 Å². The smallest absolute Gasteiger partial charge is 0.223 e. The van der Waals surface area contributed by atoms with E-state index in [9.17, 15) is 0 Å². The first-order valence-corrected chi connectivity index (χ1v) is 9.42. The quantitative estimate of drug-likeness (QED) is 0.531. The molecule has 4 aromatic rings. The average Bonchev–Trinajstić information content (AvgIpc) is 3.26. The highest BCUT2D eigenvalue weighted by Gasteiger charge is 2.11. The van der Waals surface area contributed by atoms with Gasteiger partial charge in [-0.2, -0.15) is 0 Å². The van der Waals surface area contributed by atoms with Gasteiger partial charge in [-0.1, -0.05) is 17.3 Å². The zero-order chi connectivity index (χ0) is 17.2. The number of nitrogens with one attached hydrogen (secondary N) is 1. The Hall–Kier alpha value is -2.32. The Labute approximate surface area is 157 Å². The van der Waals surface area contributed by atoms with Crippen molar-refractivity contribution in [2.24, 2.45) is 0 Å². The summed E-state index contributed by atoms with van der Waals surface area (Å²) >= 11 is 5.36. The number of hydrogen-bond acceptors (Lipinski definition) is 6. The van der Waals surface area contributed by atoms with Gasteiger partial charge < -0.3 is 5.32 Å². The second-order valence-electron chi connectivity index (χ2n) is 5.59. The molecule has 0 fully saturated rings. The first kappa shape index (κ1) is 16.2. The molecule has 1 N–H and O–H groups in total. The molecule has 0 atom stereocenters. The lowest BCUT2D eigenvalue weighted by Gasteiger charge is -2.07. The number of rotatable bonds is 5. The number of halogens is 1. The van der Waals surface area contributed by atoms with Crippen LogP contribution in [-0.4, -0.2) is 31.5 Å². The molecule has 0 bridgehead atoms. The molecule has 6 nitrogen and oxygen atoms in total. The monoisotopic (exact) mass is 414 g/mol. The molecule has 0 unspecified atom stereocenters. The van der Waals surface area contributed by atoms with Gasteiger partial charge in [0.05, 0.1) is 23.3 Å². The van der Waals surface area contributed by atoms with Gasteiger partial charge in [0.15, 0.2) is 0 Å². The third kappa shape index (κ3) is 3.40. The molecule has 4 rings (SSSR count). The molecule has 126 valence electrons. The minimum atomic E-state index is 0.622. The van der Waals surface area contributed by atoms with E-state index in [0.29, 0.717) is 19.0 Å². The SMILES string of the molecule is Cc1cnc(NCCn2ccnn2)nc1-c1cc2cccc(Br)c2s1. The predicted molar refractivity (Wildman–Crippen MR) is 104 cm³/mol. The summed E-state index contributed by atoms with van der Waals surface area (Å²) < 4.78 is 4.11. The van der Waals surface area contributed by atoms with E-state index in [4.69, 9.17) is 4.98 Å². The summed E-state index contributed by atoms with van der Waals surface area (Å²) in [7, 11) is 0. The number of benzene rings is 1. The highest BCUT2D eigenvalue weighted by molar-refractivity contribution is 9.10. The fourth-order valence-electron chi connectivity index (χ4n) is 2.56. The minimum absolute atomic E-state index is 0.622. The molecular weight excluding hydrogens is 400 g/mol. The zero-order valence-corrected chi connectivity index (χ0v) is 15.9. The molecule has 0 saturated carbocycles. The van der Waals surface area contributed by atoms with Crippen molar-refractivity contribution < 1.29 is 0 Å². The Balaban J connectivity index is 1.59. The minimum Gasteiger partial charge on any atom is -0.352 e. The molecule has 0 aliphatic carbocycles. The first-order chi connectivity index (χ1) is 12.2. The summed E-state index contributed by atoms with van der Waals surface area (Å²) in [4.78, 5) is 10.2. The maximum Gasteiger partial charge on any atom is 0.223 e. The van der Waals surface area contributed by atoms with E-state index >= 15 is 0 Å². The van der Waals surface area contributed by atoms with Crippen molar-refractivity contribution in [3.8, 4) is 10.6 Å². The second kappa shape index (κ2) is 6.89. The maximum atomic E-state index is 4.71. The van der Waals surface area contributed by atoms with Crippen molar-refractivity contribution in [3.63, 3.8) is 0 Å². The van der Waals surface area contributed by atoms with Gasteiger partial charge in [0, 0.05) is 28.1 Å². The number of nitrogens with zero attached hydrogens (tertiary/aromatic N) is 5. The molecule has 0 amide bonds. The lowest BCUT2D eigenvalue weighted by molar-refractivity contribution is 0.607. The van der Waals surface area contributed by atoms with Crippen LogP contribution in [0, 0.1) is 6.92 Å². The van der Waals surface area contributed by atoms with Crippen LogP contribution in [0.5, 0.6) is 0 Å². The number of hydrogen-bond donors (Lipinski definition) is 1. The van der Waals surface area contributed by atoms with Crippen LogP contribution in [0.2, 0.25) is 0 Å². The number of aryl methyl sites for hydroxylation is 1. The normalized spacial score (nSPS) is 11.1. The van der Waals surface area contributed by atoms with Crippen molar-refractivity contribution in [1.29, 1.82) is 0 Å². The average molecular weight is 415 g/mol. The van der Waals surface area contributed by atoms with E-state index in [0.717, 1.165) is 20.6 Å². The van der Waals surface area contributed by atoms with E-state index in [-0.39, 0.29) is 0 Å². The van der Waals surface area contributed by atoms with Gasteiger partial charge in [0.25, 0.3) is 0 Å². The van der Waals surface area contributed by atoms with Crippen LogP contribution in [0.1, 0.15) is 5.56 Å². The van der Waals surface area contributed by atoms with E-state index < -0.39 is 0 Å². The summed E-state index contributed by atoms with van der Waals surface area (Å²) in [5.74, 6) is 0.622. The van der Waals surface area contributed by atoms with E-state index in [1.165, 1.54) is 10.1 Å². The molecule has 1 aromatic carbocycles. The van der Waals surface area contributed by atoms with E-state index in [2.05, 4.69) is 54.7 Å². The fourth-order valence-corrected chi connectivity index (χ4v) is 4.30. The Morgan fingerprint density at radius 1 is 1.32 bits per heavy atom. The first-order valence-electron chi connectivity index (χ1n) is 7.81. The fraction of sp³-hybridized carbons (Fsp3) is 0.176. The van der Waals surface area contributed by atoms with Crippen LogP contribution in [-0.2, 0) is 6.54 Å². The van der Waals surface area contributed by atoms with Gasteiger partial charge in [0.1, 0.15) is 0 Å². The molecule has 0 spiro atoms. The van der Waals surface area contributed by atoms with Crippen LogP contribution < -0.4 is 5.32 Å². The van der Waals surface area contributed by atoms with Gasteiger partial charge >= 0.3 is 0 Å². The van der Waals surface area contributed by atoms with Crippen molar-refractivity contribution in [1.82, 2.24) is 25.0 Å². The van der Waals surface area contributed by atoms with Crippen LogP contribution in [0.3, 0.4) is 0 Å². The lowest BCUT2D eigenvalue weighted by atomic mass is 10.2. The van der Waals surface area contributed by atoms with Gasteiger partial charge in [-0.15, -0.1) is 16.4 Å². The van der Waals surface area contributed by atoms with Crippen LogP contribution >= 0.6 is 27.3 Å². The molecule has 8 heteroatoms. The number of anilines is 1. The largest absolute Gasteiger partial charge is 0.352 e. The summed E-state index contributed by atoms with van der Waals surface area (Å²) in [6.45, 7) is 3.43. The molecule has 25 heavy (non-hydrogen) atoms. The van der Waals surface area contributed by atoms with Crippen molar-refractivity contribution in [2.75, 3.05) is 11.9 Å². The predicted octanol–water partition coefficient (Wildman–Crippen LogP) is 4.13. The summed E-state index contributed by atoms with van der Waals surface area (Å²) in [6.07, 6.45) is 5.36. The van der Waals surface area contributed by atoms with Crippen molar-refractivity contribution in [2.45, 2.75) is 13.5 Å². The Bertz CT molecular complexity index is 1010.